The minimum Gasteiger partial charge on any atom is -0.312 e. The largest absolute Gasteiger partial charge is 0.312 e. The van der Waals surface area contributed by atoms with Gasteiger partial charge in [-0.1, -0.05) is 18.2 Å². The van der Waals surface area contributed by atoms with Crippen LogP contribution in [0.3, 0.4) is 0 Å². The molecule has 0 spiro atoms. The van der Waals surface area contributed by atoms with Gasteiger partial charge in [0.25, 0.3) is 0 Å². The van der Waals surface area contributed by atoms with Gasteiger partial charge in [0.1, 0.15) is 5.78 Å². The molecule has 0 atom stereocenters. The van der Waals surface area contributed by atoms with Crippen LogP contribution in [0.25, 0.3) is 0 Å². The second kappa shape index (κ2) is 6.40. The topological polar surface area (TPSA) is 37.4 Å². The number of halogens is 1. The third-order valence-corrected chi connectivity index (χ3v) is 2.85. The first-order valence-corrected chi connectivity index (χ1v) is 6.01. The van der Waals surface area contributed by atoms with Crippen LogP contribution in [0.4, 0.5) is 5.69 Å². The van der Waals surface area contributed by atoms with Gasteiger partial charge in [0.2, 0.25) is 5.91 Å². The molecule has 0 fully saturated rings. The van der Waals surface area contributed by atoms with Crippen LogP contribution < -0.4 is 4.90 Å². The van der Waals surface area contributed by atoms with Gasteiger partial charge in [0.05, 0.1) is 5.88 Å². The fourth-order valence-electron chi connectivity index (χ4n) is 1.62. The van der Waals surface area contributed by atoms with E-state index >= 15 is 0 Å². The Labute approximate surface area is 106 Å². The van der Waals surface area contributed by atoms with Crippen LogP contribution in [0.1, 0.15) is 18.9 Å². The lowest BCUT2D eigenvalue weighted by Crippen LogP contribution is -2.31. The van der Waals surface area contributed by atoms with Crippen LogP contribution in [0.2, 0.25) is 0 Å². The summed E-state index contributed by atoms with van der Waals surface area (Å²) in [4.78, 5) is 24.4. The predicted octanol–water partition coefficient (Wildman–Crippen LogP) is 2.55. The number of Topliss-reactive ketones (excluding diaryl/α,β-unsaturated/α-hetero) is 1. The van der Waals surface area contributed by atoms with Gasteiger partial charge in [-0.25, -0.2) is 0 Å². The van der Waals surface area contributed by atoms with Crippen molar-refractivity contribution in [3.8, 4) is 0 Å². The lowest BCUT2D eigenvalue weighted by molar-refractivity contribution is -0.117. The summed E-state index contributed by atoms with van der Waals surface area (Å²) in [5, 5.41) is 0. The third kappa shape index (κ3) is 3.86. The van der Waals surface area contributed by atoms with Gasteiger partial charge in [-0.3, -0.25) is 9.59 Å². The molecular formula is C13H16ClNO2. The molecule has 1 aromatic carbocycles. The number of aryl methyl sites for hydroxylation is 1. The average molecular weight is 254 g/mol. The van der Waals surface area contributed by atoms with Gasteiger partial charge in [0, 0.05) is 25.6 Å². The van der Waals surface area contributed by atoms with Gasteiger partial charge < -0.3 is 4.90 Å². The van der Waals surface area contributed by atoms with Crippen LogP contribution in [-0.4, -0.2) is 24.1 Å². The Hall–Kier alpha value is -1.35. The molecule has 0 saturated heterocycles. The van der Waals surface area contributed by atoms with Crippen molar-refractivity contribution < 1.29 is 9.59 Å². The highest BCUT2D eigenvalue weighted by atomic mass is 35.5. The molecule has 0 aromatic heterocycles. The molecule has 0 radical (unpaired) electrons. The summed E-state index contributed by atoms with van der Waals surface area (Å²) >= 11 is 5.44. The first kappa shape index (κ1) is 13.7. The van der Waals surface area contributed by atoms with Crippen LogP contribution >= 0.6 is 11.6 Å². The maximum Gasteiger partial charge on any atom is 0.223 e. The number of benzene rings is 1. The minimum atomic E-state index is -0.0679. The molecule has 1 aromatic rings. The number of rotatable bonds is 5. The number of carbonyl (C=O) groups is 2. The van der Waals surface area contributed by atoms with E-state index in [1.165, 1.54) is 6.92 Å². The second-order valence-electron chi connectivity index (χ2n) is 3.88. The smallest absolute Gasteiger partial charge is 0.223 e. The van der Waals surface area contributed by atoms with Crippen LogP contribution in [0.15, 0.2) is 24.3 Å². The molecule has 0 aliphatic carbocycles. The standard InChI is InChI=1S/C13H16ClNO2/c1-10-5-3-4-6-13(10)15(11(2)16)8-7-12(17)9-14/h3-6H,7-9H2,1-2H3. The van der Waals surface area contributed by atoms with E-state index in [4.69, 9.17) is 11.6 Å². The monoisotopic (exact) mass is 253 g/mol. The Morgan fingerprint density at radius 1 is 1.29 bits per heavy atom. The van der Waals surface area contributed by atoms with Crippen molar-refractivity contribution in [2.45, 2.75) is 20.3 Å². The zero-order valence-electron chi connectivity index (χ0n) is 10.1. The van der Waals surface area contributed by atoms with Crippen molar-refractivity contribution in [2.24, 2.45) is 0 Å². The molecule has 1 rings (SSSR count). The number of nitrogens with zero attached hydrogens (tertiary/aromatic N) is 1. The van der Waals surface area contributed by atoms with E-state index in [0.717, 1.165) is 11.3 Å². The zero-order chi connectivity index (χ0) is 12.8. The molecule has 3 nitrogen and oxygen atoms in total. The number of hydrogen-bond acceptors (Lipinski definition) is 2. The number of carbonyl (C=O) groups excluding carboxylic acids is 2. The van der Waals surface area contributed by atoms with Gasteiger partial charge in [-0.15, -0.1) is 11.6 Å². The molecule has 0 bridgehead atoms. The van der Waals surface area contributed by atoms with Crippen molar-refractivity contribution in [3.63, 3.8) is 0 Å². The molecule has 1 amide bonds. The molecule has 0 aliphatic heterocycles. The SMILES string of the molecule is CC(=O)N(CCC(=O)CCl)c1ccccc1C. The number of anilines is 1. The maximum absolute atomic E-state index is 11.6. The zero-order valence-corrected chi connectivity index (χ0v) is 10.8. The summed E-state index contributed by atoms with van der Waals surface area (Å²) in [6.45, 7) is 3.82. The van der Waals surface area contributed by atoms with Gasteiger partial charge in [-0.2, -0.15) is 0 Å². The van der Waals surface area contributed by atoms with E-state index in [1.54, 1.807) is 4.90 Å². The first-order chi connectivity index (χ1) is 8.06. The van der Waals surface area contributed by atoms with Gasteiger partial charge >= 0.3 is 0 Å². The van der Waals surface area contributed by atoms with Gasteiger partial charge in [0.15, 0.2) is 0 Å². The second-order valence-corrected chi connectivity index (χ2v) is 4.15. The van der Waals surface area contributed by atoms with Crippen molar-refractivity contribution in [1.82, 2.24) is 0 Å². The summed E-state index contributed by atoms with van der Waals surface area (Å²) in [6, 6.07) is 7.61. The Bertz CT molecular complexity index is 418. The molecule has 4 heteroatoms. The van der Waals surface area contributed by atoms with E-state index < -0.39 is 0 Å². The highest BCUT2D eigenvalue weighted by molar-refractivity contribution is 6.27. The normalized spacial score (nSPS) is 10.1. The molecule has 0 unspecified atom stereocenters. The van der Waals surface area contributed by atoms with Crippen molar-refractivity contribution in [1.29, 1.82) is 0 Å². The lowest BCUT2D eigenvalue weighted by atomic mass is 10.1. The van der Waals surface area contributed by atoms with Crippen LogP contribution in [0.5, 0.6) is 0 Å². The molecular weight excluding hydrogens is 238 g/mol. The fraction of sp³-hybridized carbons (Fsp3) is 0.385. The van der Waals surface area contributed by atoms with E-state index in [0.29, 0.717) is 6.54 Å². The Morgan fingerprint density at radius 3 is 2.47 bits per heavy atom. The Kier molecular flexibility index (Phi) is 5.16. The Morgan fingerprint density at radius 2 is 1.94 bits per heavy atom. The highest BCUT2D eigenvalue weighted by Crippen LogP contribution is 2.19. The van der Waals surface area contributed by atoms with Crippen molar-refractivity contribution >= 4 is 29.0 Å². The fourth-order valence-corrected chi connectivity index (χ4v) is 1.75. The molecule has 92 valence electrons. The number of ketones is 1. The van der Waals surface area contributed by atoms with E-state index in [2.05, 4.69) is 0 Å². The van der Waals surface area contributed by atoms with Crippen molar-refractivity contribution in [3.05, 3.63) is 29.8 Å². The molecule has 0 heterocycles. The summed E-state index contributed by atoms with van der Waals surface area (Å²) in [6.07, 6.45) is 0.289. The van der Waals surface area contributed by atoms with E-state index in [-0.39, 0.29) is 24.0 Å². The summed E-state index contributed by atoms with van der Waals surface area (Å²) in [5.74, 6) is -0.118. The quantitative estimate of drug-likeness (QED) is 0.757. The number of para-hydroxylation sites is 1. The summed E-state index contributed by atoms with van der Waals surface area (Å²) in [5.41, 5.74) is 1.86. The van der Waals surface area contributed by atoms with Crippen LogP contribution in [0, 0.1) is 6.92 Å². The Balaban J connectivity index is 2.83. The molecule has 0 saturated carbocycles. The molecule has 0 aliphatic rings. The minimum absolute atomic E-state index is 0.000480. The maximum atomic E-state index is 11.6. The molecule has 0 N–H and O–H groups in total. The van der Waals surface area contributed by atoms with E-state index in [9.17, 15) is 9.59 Å². The summed E-state index contributed by atoms with van der Waals surface area (Å²) in [7, 11) is 0. The number of alkyl halides is 1. The first-order valence-electron chi connectivity index (χ1n) is 5.47. The lowest BCUT2D eigenvalue weighted by Gasteiger charge is -2.22. The average Bonchev–Trinajstić information content (AvgIpc) is 2.30. The van der Waals surface area contributed by atoms with Gasteiger partial charge in [-0.05, 0) is 18.6 Å². The van der Waals surface area contributed by atoms with Crippen LogP contribution in [-0.2, 0) is 9.59 Å². The number of hydrogen-bond donors (Lipinski definition) is 0. The van der Waals surface area contributed by atoms with E-state index in [1.807, 2.05) is 31.2 Å². The highest BCUT2D eigenvalue weighted by Gasteiger charge is 2.14. The predicted molar refractivity (Wildman–Crippen MR) is 69.6 cm³/mol. The summed E-state index contributed by atoms with van der Waals surface area (Å²) < 4.78 is 0. The third-order valence-electron chi connectivity index (χ3n) is 2.55. The number of amides is 1. The molecule has 17 heavy (non-hydrogen) atoms. The van der Waals surface area contributed by atoms with Crippen molar-refractivity contribution in [2.75, 3.05) is 17.3 Å².